The number of nitrogens with one attached hydrogen (secondary N) is 1. The summed E-state index contributed by atoms with van der Waals surface area (Å²) in [6.45, 7) is 0. The summed E-state index contributed by atoms with van der Waals surface area (Å²) in [5, 5.41) is 18.7. The van der Waals surface area contributed by atoms with Crippen molar-refractivity contribution in [2.45, 2.75) is 31.8 Å². The van der Waals surface area contributed by atoms with E-state index in [9.17, 15) is 9.90 Å². The zero-order chi connectivity index (χ0) is 17.6. The summed E-state index contributed by atoms with van der Waals surface area (Å²) in [5.41, 5.74) is 4.82. The van der Waals surface area contributed by atoms with Crippen molar-refractivity contribution in [1.29, 1.82) is 0 Å². The SMILES string of the molecule is O=C(CCCCC(O)c1ccc(-c2nc3ccccc3o2)cc1)NO. The summed E-state index contributed by atoms with van der Waals surface area (Å²) in [7, 11) is 0. The van der Waals surface area contributed by atoms with E-state index in [-0.39, 0.29) is 6.42 Å². The highest BCUT2D eigenvalue weighted by Crippen LogP contribution is 2.26. The zero-order valence-electron chi connectivity index (χ0n) is 13.7. The van der Waals surface area contributed by atoms with Gasteiger partial charge in [0, 0.05) is 12.0 Å². The van der Waals surface area contributed by atoms with Crippen molar-refractivity contribution in [3.8, 4) is 11.5 Å². The largest absolute Gasteiger partial charge is 0.436 e. The average molecular weight is 340 g/mol. The van der Waals surface area contributed by atoms with E-state index >= 15 is 0 Å². The monoisotopic (exact) mass is 340 g/mol. The van der Waals surface area contributed by atoms with Gasteiger partial charge in [-0.3, -0.25) is 10.0 Å². The molecule has 0 spiro atoms. The van der Waals surface area contributed by atoms with E-state index < -0.39 is 12.0 Å². The third-order valence-electron chi connectivity index (χ3n) is 4.09. The van der Waals surface area contributed by atoms with E-state index in [4.69, 9.17) is 9.62 Å². The van der Waals surface area contributed by atoms with E-state index in [0.717, 1.165) is 22.2 Å². The van der Waals surface area contributed by atoms with Crippen LogP contribution in [-0.4, -0.2) is 21.2 Å². The van der Waals surface area contributed by atoms with Crippen molar-refractivity contribution in [2.75, 3.05) is 0 Å². The maximum absolute atomic E-state index is 10.9. The van der Waals surface area contributed by atoms with Crippen LogP contribution >= 0.6 is 0 Å². The van der Waals surface area contributed by atoms with E-state index in [2.05, 4.69) is 4.98 Å². The van der Waals surface area contributed by atoms with Crippen molar-refractivity contribution in [3.63, 3.8) is 0 Å². The summed E-state index contributed by atoms with van der Waals surface area (Å²) in [5.74, 6) is 0.148. The second-order valence-electron chi connectivity index (χ2n) is 5.91. The fourth-order valence-corrected chi connectivity index (χ4v) is 2.69. The Labute approximate surface area is 145 Å². The van der Waals surface area contributed by atoms with Gasteiger partial charge < -0.3 is 9.52 Å². The molecule has 0 aliphatic rings. The molecule has 0 aliphatic heterocycles. The quantitative estimate of drug-likeness (QED) is 0.347. The lowest BCUT2D eigenvalue weighted by molar-refractivity contribution is -0.129. The molecule has 3 aromatic rings. The number of fused-ring (bicyclic) bond motifs is 1. The number of aromatic nitrogens is 1. The van der Waals surface area contributed by atoms with Crippen LogP contribution in [0.2, 0.25) is 0 Å². The van der Waals surface area contributed by atoms with Crippen LogP contribution in [-0.2, 0) is 4.79 Å². The Morgan fingerprint density at radius 2 is 1.88 bits per heavy atom. The third kappa shape index (κ3) is 4.23. The molecule has 3 rings (SSSR count). The van der Waals surface area contributed by atoms with Gasteiger partial charge in [-0.25, -0.2) is 10.5 Å². The number of hydrogen-bond donors (Lipinski definition) is 3. The fourth-order valence-electron chi connectivity index (χ4n) is 2.69. The number of rotatable bonds is 7. The molecule has 0 fully saturated rings. The number of amides is 1. The standard InChI is InChI=1S/C19H20N2O4/c22-16(6-2-4-8-18(23)21-24)13-9-11-14(12-10-13)19-20-15-5-1-3-7-17(15)25-19/h1,3,5,7,9-12,16,22,24H,2,4,6,8H2,(H,21,23). The first kappa shape index (κ1) is 17.1. The van der Waals surface area contributed by atoms with Crippen LogP contribution in [0.5, 0.6) is 0 Å². The van der Waals surface area contributed by atoms with Crippen LogP contribution in [0.4, 0.5) is 0 Å². The summed E-state index contributed by atoms with van der Waals surface area (Å²) in [6, 6.07) is 15.1. The molecule has 6 nitrogen and oxygen atoms in total. The number of carbonyl (C=O) groups is 1. The van der Waals surface area contributed by atoms with Crippen molar-refractivity contribution in [1.82, 2.24) is 10.5 Å². The van der Waals surface area contributed by atoms with Crippen LogP contribution in [0.3, 0.4) is 0 Å². The normalized spacial score (nSPS) is 12.2. The van der Waals surface area contributed by atoms with Gasteiger partial charge >= 0.3 is 0 Å². The molecule has 0 radical (unpaired) electrons. The van der Waals surface area contributed by atoms with Crippen LogP contribution in [0.15, 0.2) is 52.9 Å². The number of unbranched alkanes of at least 4 members (excludes halogenated alkanes) is 1. The molecule has 1 aromatic heterocycles. The Bertz CT molecular complexity index is 809. The van der Waals surface area contributed by atoms with Crippen molar-refractivity contribution >= 4 is 17.0 Å². The summed E-state index contributed by atoms with van der Waals surface area (Å²) >= 11 is 0. The van der Waals surface area contributed by atoms with Crippen LogP contribution in [0.25, 0.3) is 22.6 Å². The molecule has 1 heterocycles. The molecule has 1 unspecified atom stereocenters. The molecule has 0 bridgehead atoms. The Balaban J connectivity index is 1.60. The molecule has 25 heavy (non-hydrogen) atoms. The number of benzene rings is 2. The molecule has 1 atom stereocenters. The van der Waals surface area contributed by atoms with E-state index in [0.29, 0.717) is 25.2 Å². The lowest BCUT2D eigenvalue weighted by atomic mass is 10.0. The minimum Gasteiger partial charge on any atom is -0.436 e. The predicted octanol–water partition coefficient (Wildman–Crippen LogP) is 3.59. The highest BCUT2D eigenvalue weighted by molar-refractivity contribution is 5.76. The first-order valence-corrected chi connectivity index (χ1v) is 8.24. The lowest BCUT2D eigenvalue weighted by Crippen LogP contribution is -2.17. The number of aliphatic hydroxyl groups excluding tert-OH is 1. The molecular weight excluding hydrogens is 320 g/mol. The van der Waals surface area contributed by atoms with Gasteiger partial charge in [-0.2, -0.15) is 0 Å². The molecule has 0 saturated carbocycles. The number of nitrogens with zero attached hydrogens (tertiary/aromatic N) is 1. The van der Waals surface area contributed by atoms with Gasteiger partial charge in [-0.05, 0) is 42.7 Å². The summed E-state index contributed by atoms with van der Waals surface area (Å²) < 4.78 is 5.74. The third-order valence-corrected chi connectivity index (χ3v) is 4.09. The highest BCUT2D eigenvalue weighted by atomic mass is 16.5. The van der Waals surface area contributed by atoms with Gasteiger partial charge in [0.15, 0.2) is 5.58 Å². The first-order valence-electron chi connectivity index (χ1n) is 8.24. The summed E-state index contributed by atoms with van der Waals surface area (Å²) in [6.07, 6.45) is 1.53. The molecular formula is C19H20N2O4. The van der Waals surface area contributed by atoms with Crippen LogP contribution in [0, 0.1) is 0 Å². The van der Waals surface area contributed by atoms with Gasteiger partial charge in [-0.1, -0.05) is 30.7 Å². The van der Waals surface area contributed by atoms with Gasteiger partial charge in [0.1, 0.15) is 5.52 Å². The Kier molecular flexibility index (Phi) is 5.42. The average Bonchev–Trinajstić information content (AvgIpc) is 3.09. The Hall–Kier alpha value is -2.70. The van der Waals surface area contributed by atoms with Crippen LogP contribution in [0.1, 0.15) is 37.4 Å². The molecule has 130 valence electrons. The van der Waals surface area contributed by atoms with Crippen molar-refractivity contribution in [2.24, 2.45) is 0 Å². The molecule has 0 aliphatic carbocycles. The molecule has 1 amide bonds. The number of aliphatic hydroxyl groups is 1. The van der Waals surface area contributed by atoms with Gasteiger partial charge in [0.25, 0.3) is 0 Å². The highest BCUT2D eigenvalue weighted by Gasteiger charge is 2.11. The van der Waals surface area contributed by atoms with Crippen LogP contribution < -0.4 is 5.48 Å². The predicted molar refractivity (Wildman–Crippen MR) is 92.8 cm³/mol. The topological polar surface area (TPSA) is 95.6 Å². The van der Waals surface area contributed by atoms with E-state index in [1.807, 2.05) is 48.5 Å². The van der Waals surface area contributed by atoms with Gasteiger partial charge in [0.2, 0.25) is 11.8 Å². The molecule has 2 aromatic carbocycles. The summed E-state index contributed by atoms with van der Waals surface area (Å²) in [4.78, 5) is 15.4. The molecule has 6 heteroatoms. The fraction of sp³-hybridized carbons (Fsp3) is 0.263. The lowest BCUT2D eigenvalue weighted by Gasteiger charge is -2.11. The number of carbonyl (C=O) groups excluding carboxylic acids is 1. The maximum atomic E-state index is 10.9. The van der Waals surface area contributed by atoms with Gasteiger partial charge in [0.05, 0.1) is 6.10 Å². The Morgan fingerprint density at radius 1 is 1.12 bits per heavy atom. The maximum Gasteiger partial charge on any atom is 0.243 e. The van der Waals surface area contributed by atoms with Crippen molar-refractivity contribution in [3.05, 3.63) is 54.1 Å². The van der Waals surface area contributed by atoms with E-state index in [1.165, 1.54) is 0 Å². The Morgan fingerprint density at radius 3 is 2.60 bits per heavy atom. The second kappa shape index (κ2) is 7.92. The number of para-hydroxylation sites is 2. The molecule has 3 N–H and O–H groups in total. The number of hydroxylamine groups is 1. The second-order valence-corrected chi connectivity index (χ2v) is 5.91. The van der Waals surface area contributed by atoms with E-state index in [1.54, 1.807) is 5.48 Å². The minimum absolute atomic E-state index is 0.250. The minimum atomic E-state index is -0.588. The van der Waals surface area contributed by atoms with Gasteiger partial charge in [-0.15, -0.1) is 0 Å². The van der Waals surface area contributed by atoms with Crippen molar-refractivity contribution < 1.29 is 19.5 Å². The molecule has 0 saturated heterocycles. The number of oxazole rings is 1. The zero-order valence-corrected chi connectivity index (χ0v) is 13.7. The smallest absolute Gasteiger partial charge is 0.243 e. The first-order chi connectivity index (χ1) is 12.2. The number of hydrogen-bond acceptors (Lipinski definition) is 5.